The number of aromatic nitrogens is 2. The van der Waals surface area contributed by atoms with Crippen molar-refractivity contribution >= 4 is 17.2 Å². The Kier molecular flexibility index (Phi) is 3.13. The first-order valence-corrected chi connectivity index (χ1v) is 6.52. The minimum atomic E-state index is 0.652. The Morgan fingerprint density at radius 3 is 2.74 bits per heavy atom. The van der Waals surface area contributed by atoms with Gasteiger partial charge < -0.3 is 4.74 Å². The molecule has 2 heterocycles. The molecule has 0 aliphatic carbocycles. The Balaban J connectivity index is 2.06. The zero-order chi connectivity index (χ0) is 13.2. The number of benzene rings is 1. The standard InChI is InChI=1S/C15H13ClN2O/c1-2-19-12-7-5-11(6-8-12)14-10-17-15-13(16)4-3-9-18(14)15/h3-10H,2H2,1H3. The number of ether oxygens (including phenoxy) is 1. The van der Waals surface area contributed by atoms with Crippen molar-refractivity contribution in [2.45, 2.75) is 6.92 Å². The first-order valence-electron chi connectivity index (χ1n) is 6.14. The lowest BCUT2D eigenvalue weighted by Crippen LogP contribution is -1.91. The monoisotopic (exact) mass is 272 g/mol. The minimum Gasteiger partial charge on any atom is -0.494 e. The van der Waals surface area contributed by atoms with Crippen LogP contribution in [0, 0.1) is 0 Å². The van der Waals surface area contributed by atoms with Gasteiger partial charge in [-0.15, -0.1) is 0 Å². The molecule has 0 unspecified atom stereocenters. The van der Waals surface area contributed by atoms with Gasteiger partial charge in [-0.25, -0.2) is 4.98 Å². The summed E-state index contributed by atoms with van der Waals surface area (Å²) in [6.07, 6.45) is 3.79. The molecule has 3 aromatic rings. The van der Waals surface area contributed by atoms with Crippen LogP contribution in [0.15, 0.2) is 48.8 Å². The zero-order valence-corrected chi connectivity index (χ0v) is 11.3. The molecule has 19 heavy (non-hydrogen) atoms. The number of imidazole rings is 1. The van der Waals surface area contributed by atoms with Crippen LogP contribution in [0.1, 0.15) is 6.92 Å². The minimum absolute atomic E-state index is 0.652. The second-order valence-corrected chi connectivity index (χ2v) is 4.56. The molecule has 0 saturated heterocycles. The number of rotatable bonds is 3. The molecular formula is C15H13ClN2O. The molecule has 1 aromatic carbocycles. The molecule has 2 aromatic heterocycles. The van der Waals surface area contributed by atoms with E-state index < -0.39 is 0 Å². The predicted molar refractivity (Wildman–Crippen MR) is 76.8 cm³/mol. The number of nitrogens with zero attached hydrogens (tertiary/aromatic N) is 2. The van der Waals surface area contributed by atoms with Crippen molar-refractivity contribution in [3.63, 3.8) is 0 Å². The molecule has 96 valence electrons. The third-order valence-corrected chi connectivity index (χ3v) is 3.24. The maximum atomic E-state index is 6.12. The SMILES string of the molecule is CCOc1ccc(-c2cnc3c(Cl)cccn23)cc1. The van der Waals surface area contributed by atoms with Crippen LogP contribution in [0.4, 0.5) is 0 Å². The van der Waals surface area contributed by atoms with E-state index in [9.17, 15) is 0 Å². The molecule has 0 bridgehead atoms. The highest BCUT2D eigenvalue weighted by Gasteiger charge is 2.07. The van der Waals surface area contributed by atoms with Crippen LogP contribution in [0.3, 0.4) is 0 Å². The largest absolute Gasteiger partial charge is 0.494 e. The summed E-state index contributed by atoms with van der Waals surface area (Å²) in [7, 11) is 0. The van der Waals surface area contributed by atoms with E-state index in [-0.39, 0.29) is 0 Å². The van der Waals surface area contributed by atoms with Gasteiger partial charge in [0.05, 0.1) is 23.5 Å². The van der Waals surface area contributed by atoms with Crippen LogP contribution >= 0.6 is 11.6 Å². The van der Waals surface area contributed by atoms with Gasteiger partial charge in [-0.2, -0.15) is 0 Å². The van der Waals surface area contributed by atoms with Crippen molar-refractivity contribution in [1.29, 1.82) is 0 Å². The van der Waals surface area contributed by atoms with E-state index >= 15 is 0 Å². The van der Waals surface area contributed by atoms with Crippen molar-refractivity contribution in [2.75, 3.05) is 6.61 Å². The number of hydrogen-bond donors (Lipinski definition) is 0. The van der Waals surface area contributed by atoms with Crippen molar-refractivity contribution in [3.05, 3.63) is 53.8 Å². The molecule has 0 radical (unpaired) electrons. The lowest BCUT2D eigenvalue weighted by atomic mass is 10.1. The molecule has 0 aliphatic rings. The van der Waals surface area contributed by atoms with Crippen LogP contribution in [0.25, 0.3) is 16.9 Å². The fourth-order valence-corrected chi connectivity index (χ4v) is 2.29. The van der Waals surface area contributed by atoms with Gasteiger partial charge in [0.15, 0.2) is 5.65 Å². The second-order valence-electron chi connectivity index (χ2n) is 4.15. The van der Waals surface area contributed by atoms with Crippen LogP contribution < -0.4 is 4.74 Å². The van der Waals surface area contributed by atoms with Crippen LogP contribution in [0.2, 0.25) is 5.02 Å². The van der Waals surface area contributed by atoms with E-state index in [1.807, 2.05) is 60.1 Å². The third-order valence-electron chi connectivity index (χ3n) is 2.95. The molecular weight excluding hydrogens is 260 g/mol. The summed E-state index contributed by atoms with van der Waals surface area (Å²) in [5, 5.41) is 0.652. The smallest absolute Gasteiger partial charge is 0.156 e. The zero-order valence-electron chi connectivity index (χ0n) is 10.5. The van der Waals surface area contributed by atoms with Gasteiger partial charge in [0.1, 0.15) is 5.75 Å². The lowest BCUT2D eigenvalue weighted by molar-refractivity contribution is 0.340. The van der Waals surface area contributed by atoms with E-state index in [0.29, 0.717) is 11.6 Å². The van der Waals surface area contributed by atoms with Gasteiger partial charge >= 0.3 is 0 Å². The van der Waals surface area contributed by atoms with Crippen LogP contribution in [0.5, 0.6) is 5.75 Å². The topological polar surface area (TPSA) is 26.5 Å². The van der Waals surface area contributed by atoms with Gasteiger partial charge in [0.2, 0.25) is 0 Å². The summed E-state index contributed by atoms with van der Waals surface area (Å²) in [4.78, 5) is 4.35. The normalized spacial score (nSPS) is 10.8. The van der Waals surface area contributed by atoms with Crippen molar-refractivity contribution in [3.8, 4) is 17.0 Å². The second kappa shape index (κ2) is 4.94. The molecule has 0 N–H and O–H groups in total. The summed E-state index contributed by atoms with van der Waals surface area (Å²) < 4.78 is 7.43. The Labute approximate surface area is 116 Å². The molecule has 0 fully saturated rings. The highest BCUT2D eigenvalue weighted by Crippen LogP contribution is 2.25. The van der Waals surface area contributed by atoms with Crippen molar-refractivity contribution < 1.29 is 4.74 Å². The summed E-state index contributed by atoms with van der Waals surface area (Å²) in [5.74, 6) is 0.873. The Morgan fingerprint density at radius 2 is 2.00 bits per heavy atom. The lowest BCUT2D eigenvalue weighted by Gasteiger charge is -2.05. The summed E-state index contributed by atoms with van der Waals surface area (Å²) in [5.41, 5.74) is 2.87. The molecule has 0 saturated carbocycles. The number of halogens is 1. The summed E-state index contributed by atoms with van der Waals surface area (Å²) >= 11 is 6.12. The van der Waals surface area contributed by atoms with Gasteiger partial charge in [-0.1, -0.05) is 11.6 Å². The first kappa shape index (κ1) is 12.1. The first-order chi connectivity index (χ1) is 9.29. The van der Waals surface area contributed by atoms with E-state index in [4.69, 9.17) is 16.3 Å². The van der Waals surface area contributed by atoms with E-state index in [1.54, 1.807) is 0 Å². The molecule has 0 spiro atoms. The molecule has 0 atom stereocenters. The average Bonchev–Trinajstić information content (AvgIpc) is 2.85. The highest BCUT2D eigenvalue weighted by atomic mass is 35.5. The van der Waals surface area contributed by atoms with E-state index in [2.05, 4.69) is 4.98 Å². The van der Waals surface area contributed by atoms with Gasteiger partial charge in [0.25, 0.3) is 0 Å². The molecule has 3 rings (SSSR count). The maximum Gasteiger partial charge on any atom is 0.156 e. The van der Waals surface area contributed by atoms with Crippen LogP contribution in [-0.2, 0) is 0 Å². The van der Waals surface area contributed by atoms with Gasteiger partial charge in [0, 0.05) is 11.8 Å². The van der Waals surface area contributed by atoms with Crippen molar-refractivity contribution in [2.24, 2.45) is 0 Å². The fraction of sp³-hybridized carbons (Fsp3) is 0.133. The predicted octanol–water partition coefficient (Wildman–Crippen LogP) is 4.05. The molecule has 4 heteroatoms. The maximum absolute atomic E-state index is 6.12. The van der Waals surface area contributed by atoms with Crippen molar-refractivity contribution in [1.82, 2.24) is 9.38 Å². The average molecular weight is 273 g/mol. The Hall–Kier alpha value is -2.00. The van der Waals surface area contributed by atoms with Crippen LogP contribution in [-0.4, -0.2) is 16.0 Å². The Bertz CT molecular complexity index is 704. The quantitative estimate of drug-likeness (QED) is 0.719. The fourth-order valence-electron chi connectivity index (χ4n) is 2.08. The highest BCUT2D eigenvalue weighted by molar-refractivity contribution is 6.33. The summed E-state index contributed by atoms with van der Waals surface area (Å²) in [6, 6.07) is 11.7. The Morgan fingerprint density at radius 1 is 1.21 bits per heavy atom. The number of pyridine rings is 1. The molecule has 0 amide bonds. The third kappa shape index (κ3) is 2.17. The summed E-state index contributed by atoms with van der Waals surface area (Å²) in [6.45, 7) is 2.64. The number of hydrogen-bond acceptors (Lipinski definition) is 2. The molecule has 3 nitrogen and oxygen atoms in total. The van der Waals surface area contributed by atoms with E-state index in [0.717, 1.165) is 22.7 Å². The molecule has 0 aliphatic heterocycles. The number of fused-ring (bicyclic) bond motifs is 1. The van der Waals surface area contributed by atoms with Gasteiger partial charge in [-0.3, -0.25) is 4.40 Å². The van der Waals surface area contributed by atoms with Gasteiger partial charge in [-0.05, 0) is 43.3 Å². The van der Waals surface area contributed by atoms with E-state index in [1.165, 1.54) is 0 Å².